The molecule has 4 aromatic carbocycles. The smallest absolute Gasteiger partial charge is 0.0312 e. The van der Waals surface area contributed by atoms with Gasteiger partial charge in [0.05, 0.1) is 0 Å². The maximum absolute atomic E-state index is 3.74. The highest BCUT2D eigenvalue weighted by Crippen LogP contribution is 2.29. The van der Waals surface area contributed by atoms with Gasteiger partial charge in [0.1, 0.15) is 0 Å². The topological polar surface area (TPSA) is 0 Å². The van der Waals surface area contributed by atoms with Gasteiger partial charge in [-0.25, -0.2) is 0 Å². The Morgan fingerprint density at radius 1 is 0.576 bits per heavy atom. The number of hydrogen-bond donors (Lipinski definition) is 0. The van der Waals surface area contributed by atoms with E-state index in [0.29, 0.717) is 0 Å². The number of aryl methyl sites for hydroxylation is 1. The van der Waals surface area contributed by atoms with Crippen LogP contribution in [-0.2, 0) is 5.41 Å². The second-order valence-electron chi connectivity index (χ2n) is 9.76. The van der Waals surface area contributed by atoms with E-state index in [2.05, 4.69) is 143 Å². The third kappa shape index (κ3) is 5.43. The molecule has 0 heteroatoms. The SMILES string of the molecule is CC(=C=C(c1ccc(C)cc1)c1ccc(C(C)(C)C)cc1)c1ccc(-c2ccccc2)cc1. The molecule has 164 valence electrons. The average Bonchev–Trinajstić information content (AvgIpc) is 2.83. The van der Waals surface area contributed by atoms with E-state index in [1.807, 2.05) is 0 Å². The normalized spacial score (nSPS) is 11.1. The van der Waals surface area contributed by atoms with Crippen LogP contribution in [0.3, 0.4) is 0 Å². The molecule has 0 aliphatic heterocycles. The fourth-order valence-corrected chi connectivity index (χ4v) is 3.97. The number of allylic oxidation sites excluding steroid dienone is 1. The zero-order valence-electron chi connectivity index (χ0n) is 20.3. The second-order valence-corrected chi connectivity index (χ2v) is 9.76. The van der Waals surface area contributed by atoms with Crippen LogP contribution < -0.4 is 0 Å². The molecule has 0 aliphatic carbocycles. The quantitative estimate of drug-likeness (QED) is 0.284. The lowest BCUT2D eigenvalue weighted by Crippen LogP contribution is -2.10. The van der Waals surface area contributed by atoms with Gasteiger partial charge in [-0.2, -0.15) is 0 Å². The lowest BCUT2D eigenvalue weighted by molar-refractivity contribution is 0.590. The molecule has 0 radical (unpaired) electrons. The summed E-state index contributed by atoms with van der Waals surface area (Å²) in [5.74, 6) is 0. The van der Waals surface area contributed by atoms with Crippen molar-refractivity contribution in [1.29, 1.82) is 0 Å². The van der Waals surface area contributed by atoms with E-state index in [1.54, 1.807) is 0 Å². The van der Waals surface area contributed by atoms with Crippen LogP contribution in [-0.4, -0.2) is 0 Å². The fourth-order valence-electron chi connectivity index (χ4n) is 3.97. The van der Waals surface area contributed by atoms with Crippen LogP contribution >= 0.6 is 0 Å². The lowest BCUT2D eigenvalue weighted by atomic mass is 9.85. The Hall–Kier alpha value is -3.60. The molecule has 0 aromatic heterocycles. The van der Waals surface area contributed by atoms with Gasteiger partial charge >= 0.3 is 0 Å². The summed E-state index contributed by atoms with van der Waals surface area (Å²) in [6.45, 7) is 11.0. The van der Waals surface area contributed by atoms with Gasteiger partial charge in [-0.05, 0) is 58.2 Å². The first kappa shape index (κ1) is 22.6. The van der Waals surface area contributed by atoms with Crippen molar-refractivity contribution >= 4 is 11.1 Å². The van der Waals surface area contributed by atoms with Crippen LogP contribution in [0.5, 0.6) is 0 Å². The molecular formula is C33H32. The summed E-state index contributed by atoms with van der Waals surface area (Å²) in [6.07, 6.45) is 0. The Morgan fingerprint density at radius 3 is 1.61 bits per heavy atom. The maximum Gasteiger partial charge on any atom is 0.0312 e. The summed E-state index contributed by atoms with van der Waals surface area (Å²) in [5, 5.41) is 0. The molecule has 0 heterocycles. The Balaban J connectivity index is 1.79. The highest BCUT2D eigenvalue weighted by molar-refractivity contribution is 5.84. The minimum absolute atomic E-state index is 0.137. The predicted molar refractivity (Wildman–Crippen MR) is 143 cm³/mol. The van der Waals surface area contributed by atoms with Gasteiger partial charge in [0.25, 0.3) is 0 Å². The second kappa shape index (κ2) is 9.49. The zero-order chi connectivity index (χ0) is 23.4. The highest BCUT2D eigenvalue weighted by Gasteiger charge is 2.14. The van der Waals surface area contributed by atoms with E-state index >= 15 is 0 Å². The monoisotopic (exact) mass is 428 g/mol. The third-order valence-corrected chi connectivity index (χ3v) is 6.12. The molecule has 0 fully saturated rings. The van der Waals surface area contributed by atoms with Gasteiger partial charge in [-0.3, -0.25) is 0 Å². The van der Waals surface area contributed by atoms with Crippen molar-refractivity contribution in [3.8, 4) is 11.1 Å². The minimum atomic E-state index is 0.137. The summed E-state index contributed by atoms with van der Waals surface area (Å²) < 4.78 is 0. The highest BCUT2D eigenvalue weighted by atomic mass is 14.2. The molecule has 0 saturated carbocycles. The molecule has 0 unspecified atom stereocenters. The molecular weight excluding hydrogens is 396 g/mol. The molecule has 0 atom stereocenters. The summed E-state index contributed by atoms with van der Waals surface area (Å²) >= 11 is 0. The first-order valence-corrected chi connectivity index (χ1v) is 11.6. The van der Waals surface area contributed by atoms with Crippen molar-refractivity contribution in [3.05, 3.63) is 137 Å². The molecule has 33 heavy (non-hydrogen) atoms. The zero-order valence-corrected chi connectivity index (χ0v) is 20.3. The van der Waals surface area contributed by atoms with Crippen molar-refractivity contribution < 1.29 is 0 Å². The largest absolute Gasteiger partial charge is 0.108 e. The Labute approximate surface area is 199 Å². The predicted octanol–water partition coefficient (Wildman–Crippen LogP) is 9.09. The fraction of sp³-hybridized carbons (Fsp3) is 0.182. The van der Waals surface area contributed by atoms with Gasteiger partial charge in [-0.15, -0.1) is 5.73 Å². The van der Waals surface area contributed by atoms with Gasteiger partial charge in [-0.1, -0.05) is 129 Å². The van der Waals surface area contributed by atoms with Crippen LogP contribution in [0.25, 0.3) is 22.3 Å². The first-order chi connectivity index (χ1) is 15.8. The van der Waals surface area contributed by atoms with E-state index in [-0.39, 0.29) is 5.41 Å². The van der Waals surface area contributed by atoms with Crippen LogP contribution in [0.1, 0.15) is 55.5 Å². The summed E-state index contributed by atoms with van der Waals surface area (Å²) in [5.41, 5.74) is 14.8. The molecule has 0 N–H and O–H groups in total. The average molecular weight is 429 g/mol. The van der Waals surface area contributed by atoms with Crippen molar-refractivity contribution in [1.82, 2.24) is 0 Å². The van der Waals surface area contributed by atoms with Gasteiger partial charge in [0, 0.05) is 5.57 Å². The molecule has 4 aromatic rings. The van der Waals surface area contributed by atoms with E-state index in [1.165, 1.54) is 38.9 Å². The molecule has 0 nitrogen and oxygen atoms in total. The summed E-state index contributed by atoms with van der Waals surface area (Å²) in [7, 11) is 0. The van der Waals surface area contributed by atoms with Gasteiger partial charge in [0.2, 0.25) is 0 Å². The molecule has 0 bridgehead atoms. The minimum Gasteiger partial charge on any atom is -0.108 e. The Kier molecular flexibility index (Phi) is 6.50. The van der Waals surface area contributed by atoms with Gasteiger partial charge in [0.15, 0.2) is 0 Å². The number of rotatable bonds is 4. The van der Waals surface area contributed by atoms with Crippen molar-refractivity contribution in [2.45, 2.75) is 40.0 Å². The van der Waals surface area contributed by atoms with Gasteiger partial charge < -0.3 is 0 Å². The molecule has 4 rings (SSSR count). The number of benzene rings is 4. The van der Waals surface area contributed by atoms with Crippen LogP contribution in [0.4, 0.5) is 0 Å². The van der Waals surface area contributed by atoms with Crippen LogP contribution in [0, 0.1) is 6.92 Å². The maximum atomic E-state index is 3.74. The molecule has 0 spiro atoms. The molecule has 0 saturated heterocycles. The van der Waals surface area contributed by atoms with E-state index in [4.69, 9.17) is 0 Å². The van der Waals surface area contributed by atoms with Crippen LogP contribution in [0.15, 0.2) is 109 Å². The summed E-state index contributed by atoms with van der Waals surface area (Å²) in [4.78, 5) is 0. The van der Waals surface area contributed by atoms with Crippen molar-refractivity contribution in [2.24, 2.45) is 0 Å². The van der Waals surface area contributed by atoms with Crippen LogP contribution in [0.2, 0.25) is 0 Å². The first-order valence-electron chi connectivity index (χ1n) is 11.6. The molecule has 0 aliphatic rings. The van der Waals surface area contributed by atoms with E-state index < -0.39 is 0 Å². The molecule has 0 amide bonds. The summed E-state index contributed by atoms with van der Waals surface area (Å²) in [6, 6.07) is 37.0. The lowest BCUT2D eigenvalue weighted by Gasteiger charge is -2.19. The Bertz CT molecular complexity index is 1270. The Morgan fingerprint density at radius 2 is 1.06 bits per heavy atom. The number of hydrogen-bond acceptors (Lipinski definition) is 0. The van der Waals surface area contributed by atoms with Crippen molar-refractivity contribution in [2.75, 3.05) is 0 Å². The third-order valence-electron chi connectivity index (χ3n) is 6.12. The van der Waals surface area contributed by atoms with E-state index in [0.717, 1.165) is 11.1 Å². The standard InChI is InChI=1S/C33H32/c1-24-11-13-29(14-12-24)32(30-19-21-31(22-20-30)33(3,4)5)23-25(2)26-15-17-28(18-16-26)27-9-7-6-8-10-27/h6-22H,1-5H3. The van der Waals surface area contributed by atoms with Crippen molar-refractivity contribution in [3.63, 3.8) is 0 Å². The van der Waals surface area contributed by atoms with E-state index in [9.17, 15) is 0 Å².